The molecule has 0 radical (unpaired) electrons. The predicted molar refractivity (Wildman–Crippen MR) is 56.4 cm³/mol. The van der Waals surface area contributed by atoms with Gasteiger partial charge in [-0.15, -0.1) is 0 Å². The lowest BCUT2D eigenvalue weighted by molar-refractivity contribution is 0.387. The zero-order valence-electron chi connectivity index (χ0n) is 9.16. The van der Waals surface area contributed by atoms with Gasteiger partial charge in [-0.3, -0.25) is 4.98 Å². The van der Waals surface area contributed by atoms with Crippen molar-refractivity contribution in [2.45, 2.75) is 33.1 Å². The Morgan fingerprint density at radius 3 is 2.64 bits per heavy atom. The first kappa shape index (κ1) is 11.0. The van der Waals surface area contributed by atoms with Gasteiger partial charge in [-0.1, -0.05) is 20.3 Å². The van der Waals surface area contributed by atoms with Gasteiger partial charge in [-0.25, -0.2) is 4.98 Å². The van der Waals surface area contributed by atoms with Crippen molar-refractivity contribution in [3.63, 3.8) is 0 Å². The predicted octanol–water partition coefficient (Wildman–Crippen LogP) is 2.46. The molecule has 0 unspecified atom stereocenters. The van der Waals surface area contributed by atoms with Crippen molar-refractivity contribution in [3.8, 4) is 5.88 Å². The van der Waals surface area contributed by atoms with Crippen LogP contribution >= 0.6 is 0 Å². The standard InChI is InChI=1S/C11H18N2O/c1-9(2)5-4-6-10-11(14-3)13-8-7-12-10/h7-9H,4-6H2,1-3H3. The average Bonchev–Trinajstić information content (AvgIpc) is 2.18. The molecule has 0 aliphatic rings. The number of hydrogen-bond acceptors (Lipinski definition) is 3. The topological polar surface area (TPSA) is 35.0 Å². The maximum atomic E-state index is 5.13. The van der Waals surface area contributed by atoms with Gasteiger partial charge in [0.2, 0.25) is 5.88 Å². The van der Waals surface area contributed by atoms with E-state index in [1.54, 1.807) is 19.5 Å². The molecule has 0 amide bonds. The van der Waals surface area contributed by atoms with Crippen molar-refractivity contribution >= 4 is 0 Å². The van der Waals surface area contributed by atoms with Crippen LogP contribution in [0.4, 0.5) is 0 Å². The van der Waals surface area contributed by atoms with Crippen LogP contribution in [0.25, 0.3) is 0 Å². The molecule has 14 heavy (non-hydrogen) atoms. The molecule has 0 fully saturated rings. The van der Waals surface area contributed by atoms with Gasteiger partial charge in [-0.2, -0.15) is 0 Å². The second kappa shape index (κ2) is 5.58. The van der Waals surface area contributed by atoms with Crippen LogP contribution in [0.1, 0.15) is 32.4 Å². The summed E-state index contributed by atoms with van der Waals surface area (Å²) in [6, 6.07) is 0. The lowest BCUT2D eigenvalue weighted by Gasteiger charge is -2.06. The summed E-state index contributed by atoms with van der Waals surface area (Å²) < 4.78 is 5.13. The lowest BCUT2D eigenvalue weighted by Crippen LogP contribution is -1.99. The number of nitrogens with zero attached hydrogens (tertiary/aromatic N) is 2. The third-order valence-corrected chi connectivity index (χ3v) is 2.12. The molecule has 78 valence electrons. The molecule has 0 bridgehead atoms. The number of rotatable bonds is 5. The van der Waals surface area contributed by atoms with E-state index in [1.165, 1.54) is 6.42 Å². The first-order valence-electron chi connectivity index (χ1n) is 5.08. The SMILES string of the molecule is COc1nccnc1CCCC(C)C. The molecular formula is C11H18N2O. The van der Waals surface area contributed by atoms with Crippen LogP contribution in [0.3, 0.4) is 0 Å². The summed E-state index contributed by atoms with van der Waals surface area (Å²) in [5.41, 5.74) is 0.968. The van der Waals surface area contributed by atoms with Crippen molar-refractivity contribution in [2.24, 2.45) is 5.92 Å². The molecule has 0 atom stereocenters. The minimum atomic E-state index is 0.663. The summed E-state index contributed by atoms with van der Waals surface area (Å²) in [4.78, 5) is 8.37. The second-order valence-corrected chi connectivity index (χ2v) is 3.80. The molecule has 1 aromatic heterocycles. The minimum Gasteiger partial charge on any atom is -0.480 e. The minimum absolute atomic E-state index is 0.663. The van der Waals surface area contributed by atoms with Crippen LogP contribution in [0.5, 0.6) is 5.88 Å². The molecule has 0 aromatic carbocycles. The average molecular weight is 194 g/mol. The number of aryl methyl sites for hydroxylation is 1. The number of ether oxygens (including phenoxy) is 1. The number of aromatic nitrogens is 2. The van der Waals surface area contributed by atoms with Crippen LogP contribution in [0.15, 0.2) is 12.4 Å². The van der Waals surface area contributed by atoms with Gasteiger partial charge in [-0.05, 0) is 18.8 Å². The Hall–Kier alpha value is -1.12. The first-order chi connectivity index (χ1) is 6.74. The highest BCUT2D eigenvalue weighted by Crippen LogP contribution is 2.15. The quantitative estimate of drug-likeness (QED) is 0.722. The van der Waals surface area contributed by atoms with Gasteiger partial charge in [0.1, 0.15) is 5.69 Å². The Labute approximate surface area is 85.5 Å². The Bertz CT molecular complexity index is 274. The molecule has 0 N–H and O–H groups in total. The first-order valence-corrected chi connectivity index (χ1v) is 5.08. The van der Waals surface area contributed by atoms with Gasteiger partial charge < -0.3 is 4.74 Å². The highest BCUT2D eigenvalue weighted by Gasteiger charge is 2.04. The molecular weight excluding hydrogens is 176 g/mol. The maximum absolute atomic E-state index is 5.13. The molecule has 3 heteroatoms. The molecule has 1 heterocycles. The zero-order chi connectivity index (χ0) is 10.4. The summed E-state index contributed by atoms with van der Waals surface area (Å²) in [6.07, 6.45) is 6.69. The van der Waals surface area contributed by atoms with E-state index in [-0.39, 0.29) is 0 Å². The van der Waals surface area contributed by atoms with Gasteiger partial charge in [0.25, 0.3) is 0 Å². The third kappa shape index (κ3) is 3.32. The van der Waals surface area contributed by atoms with E-state index < -0.39 is 0 Å². The van der Waals surface area contributed by atoms with Crippen molar-refractivity contribution in [1.82, 2.24) is 9.97 Å². The molecule has 0 aliphatic carbocycles. The molecule has 0 spiro atoms. The molecule has 1 rings (SSSR count). The molecule has 0 saturated carbocycles. The number of methoxy groups -OCH3 is 1. The fraction of sp³-hybridized carbons (Fsp3) is 0.636. The van der Waals surface area contributed by atoms with Crippen LogP contribution in [-0.2, 0) is 6.42 Å². The van der Waals surface area contributed by atoms with Crippen LogP contribution in [0, 0.1) is 5.92 Å². The Morgan fingerprint density at radius 2 is 2.00 bits per heavy atom. The van der Waals surface area contributed by atoms with E-state index in [1.807, 2.05) is 0 Å². The van der Waals surface area contributed by atoms with Gasteiger partial charge in [0.15, 0.2) is 0 Å². The zero-order valence-corrected chi connectivity index (χ0v) is 9.16. The van der Waals surface area contributed by atoms with Crippen LogP contribution < -0.4 is 4.74 Å². The Morgan fingerprint density at radius 1 is 1.29 bits per heavy atom. The summed E-state index contributed by atoms with van der Waals surface area (Å²) in [6.45, 7) is 4.46. The fourth-order valence-electron chi connectivity index (χ4n) is 1.37. The van der Waals surface area contributed by atoms with Gasteiger partial charge in [0, 0.05) is 12.4 Å². The summed E-state index contributed by atoms with van der Waals surface area (Å²) in [5, 5.41) is 0. The summed E-state index contributed by atoms with van der Waals surface area (Å²) >= 11 is 0. The Kier molecular flexibility index (Phi) is 4.36. The third-order valence-electron chi connectivity index (χ3n) is 2.12. The Balaban J connectivity index is 2.49. The molecule has 0 saturated heterocycles. The molecule has 1 aromatic rings. The van der Waals surface area contributed by atoms with Crippen molar-refractivity contribution < 1.29 is 4.74 Å². The monoisotopic (exact) mass is 194 g/mol. The molecule has 3 nitrogen and oxygen atoms in total. The summed E-state index contributed by atoms with van der Waals surface area (Å²) in [7, 11) is 1.63. The maximum Gasteiger partial charge on any atom is 0.235 e. The van der Waals surface area contributed by atoms with E-state index >= 15 is 0 Å². The molecule has 0 aliphatic heterocycles. The summed E-state index contributed by atoms with van der Waals surface area (Å²) in [5.74, 6) is 1.41. The van der Waals surface area contributed by atoms with Gasteiger partial charge in [0.05, 0.1) is 7.11 Å². The number of hydrogen-bond donors (Lipinski definition) is 0. The highest BCUT2D eigenvalue weighted by molar-refractivity contribution is 5.16. The largest absolute Gasteiger partial charge is 0.480 e. The van der Waals surface area contributed by atoms with Crippen LogP contribution in [0.2, 0.25) is 0 Å². The van der Waals surface area contributed by atoms with Crippen molar-refractivity contribution in [3.05, 3.63) is 18.1 Å². The lowest BCUT2D eigenvalue weighted by atomic mass is 10.1. The van der Waals surface area contributed by atoms with Gasteiger partial charge >= 0.3 is 0 Å². The highest BCUT2D eigenvalue weighted by atomic mass is 16.5. The van der Waals surface area contributed by atoms with Crippen molar-refractivity contribution in [2.75, 3.05) is 7.11 Å². The van der Waals surface area contributed by atoms with Crippen LogP contribution in [-0.4, -0.2) is 17.1 Å². The normalized spacial score (nSPS) is 10.6. The van der Waals surface area contributed by atoms with E-state index in [0.29, 0.717) is 5.88 Å². The van der Waals surface area contributed by atoms with Crippen molar-refractivity contribution in [1.29, 1.82) is 0 Å². The van der Waals surface area contributed by atoms with E-state index in [0.717, 1.165) is 24.5 Å². The smallest absolute Gasteiger partial charge is 0.235 e. The fourth-order valence-corrected chi connectivity index (χ4v) is 1.37. The van der Waals surface area contributed by atoms with E-state index in [9.17, 15) is 0 Å². The van der Waals surface area contributed by atoms with E-state index in [2.05, 4.69) is 23.8 Å². The second-order valence-electron chi connectivity index (χ2n) is 3.80. The van der Waals surface area contributed by atoms with E-state index in [4.69, 9.17) is 4.74 Å².